The second kappa shape index (κ2) is 19.6. The van der Waals surface area contributed by atoms with Crippen LogP contribution in [0.1, 0.15) is 26.2 Å². The first kappa shape index (κ1) is 33.0. The second-order valence-electron chi connectivity index (χ2n) is 9.65. The van der Waals surface area contributed by atoms with Gasteiger partial charge in [0.15, 0.2) is 12.4 Å². The molecule has 10 heteroatoms. The van der Waals surface area contributed by atoms with Gasteiger partial charge in [-0.2, -0.15) is 5.11 Å². The van der Waals surface area contributed by atoms with Crippen molar-refractivity contribution in [3.8, 4) is 5.75 Å². The van der Waals surface area contributed by atoms with E-state index in [1.165, 1.54) is 0 Å². The van der Waals surface area contributed by atoms with Crippen molar-refractivity contribution in [2.45, 2.75) is 32.7 Å². The van der Waals surface area contributed by atoms with Crippen molar-refractivity contribution < 1.29 is 24.1 Å². The fourth-order valence-electron chi connectivity index (χ4n) is 4.18. The summed E-state index contributed by atoms with van der Waals surface area (Å²) in [7, 11) is 1.64. The second-order valence-corrected chi connectivity index (χ2v) is 9.65. The number of pyridine rings is 1. The first-order chi connectivity index (χ1) is 21.1. The van der Waals surface area contributed by atoms with Crippen molar-refractivity contribution in [3.63, 3.8) is 0 Å². The molecule has 43 heavy (non-hydrogen) atoms. The van der Waals surface area contributed by atoms with Gasteiger partial charge in [0.2, 0.25) is 0 Å². The Morgan fingerprint density at radius 3 is 2.23 bits per heavy atom. The quantitative estimate of drug-likeness (QED) is 0.0458. The van der Waals surface area contributed by atoms with Gasteiger partial charge in [-0.3, -0.25) is 0 Å². The fourth-order valence-corrected chi connectivity index (χ4v) is 4.18. The van der Waals surface area contributed by atoms with Crippen LogP contribution in [0.25, 0.3) is 0 Å². The third kappa shape index (κ3) is 12.5. The van der Waals surface area contributed by atoms with Crippen LogP contribution in [0.3, 0.4) is 0 Å². The van der Waals surface area contributed by atoms with E-state index in [-0.39, 0.29) is 13.2 Å². The Balaban J connectivity index is 1.50. The lowest BCUT2D eigenvalue weighted by atomic mass is 10.2. The van der Waals surface area contributed by atoms with Crippen LogP contribution in [0.15, 0.2) is 118 Å². The zero-order chi connectivity index (χ0) is 30.5. The lowest BCUT2D eigenvalue weighted by molar-refractivity contribution is -0.696. The number of allylic oxidation sites excluding steroid dienone is 3. The summed E-state index contributed by atoms with van der Waals surface area (Å²) in [5.41, 5.74) is 3.23. The van der Waals surface area contributed by atoms with Gasteiger partial charge in [0.1, 0.15) is 23.7 Å². The van der Waals surface area contributed by atoms with Gasteiger partial charge in [0, 0.05) is 31.3 Å². The monoisotopic (exact) mass is 585 g/mol. The number of benzene rings is 2. The molecule has 0 aliphatic carbocycles. The number of methoxy groups -OCH3 is 1. The van der Waals surface area contributed by atoms with E-state index in [4.69, 9.17) is 4.74 Å². The number of hydrogen-bond acceptors (Lipinski definition) is 7. The predicted molar refractivity (Wildman–Crippen MR) is 170 cm³/mol. The van der Waals surface area contributed by atoms with Gasteiger partial charge in [-0.1, -0.05) is 12.2 Å². The molecule has 2 aromatic carbocycles. The molecule has 226 valence electrons. The van der Waals surface area contributed by atoms with Gasteiger partial charge >= 0.3 is 6.34 Å². The number of aryl methyl sites for hydroxylation is 1. The minimum absolute atomic E-state index is 0.0257. The molecule has 0 aliphatic rings. The molecule has 0 fully saturated rings. The Kier molecular flexibility index (Phi) is 15.0. The van der Waals surface area contributed by atoms with Crippen LogP contribution in [-0.4, -0.2) is 61.1 Å². The zero-order valence-electron chi connectivity index (χ0n) is 25.1. The molecular weight excluding hydrogens is 542 g/mol. The number of aliphatic hydroxyl groups excluding tert-OH is 2. The van der Waals surface area contributed by atoms with Crippen LogP contribution in [0.2, 0.25) is 0 Å². The van der Waals surface area contributed by atoms with E-state index in [9.17, 15) is 10.2 Å². The summed E-state index contributed by atoms with van der Waals surface area (Å²) in [5.74, 6) is 0.792. The average molecular weight is 586 g/mol. The molecule has 0 spiro atoms. The summed E-state index contributed by atoms with van der Waals surface area (Å²) < 4.78 is 9.37. The van der Waals surface area contributed by atoms with E-state index < -0.39 is 0 Å². The molecule has 0 saturated carbocycles. The third-order valence-electron chi connectivity index (χ3n) is 6.44. The summed E-state index contributed by atoms with van der Waals surface area (Å²) in [6.45, 7) is 4.68. The number of hydrogen-bond donors (Lipinski definition) is 2. The number of unbranched alkanes of at least 4 members (excludes halogenated alkanes) is 2. The van der Waals surface area contributed by atoms with E-state index in [2.05, 4.69) is 31.2 Å². The molecule has 1 heterocycles. The SMILES string of the molecule is C/C=C\C=C/[N+](=CN=Nc1ccc(N(CCO)CCO)cc1)CCCCC[n+]1cccc(N=Nc2ccc(OC)cc2)c1. The van der Waals surface area contributed by atoms with E-state index in [0.29, 0.717) is 13.1 Å². The first-order valence-corrected chi connectivity index (χ1v) is 14.6. The number of azo groups is 2. The first-order valence-electron chi connectivity index (χ1n) is 14.6. The minimum atomic E-state index is 0.0257. The molecule has 0 saturated heterocycles. The predicted octanol–water partition coefficient (Wildman–Crippen LogP) is 6.27. The summed E-state index contributed by atoms with van der Waals surface area (Å²) in [5, 5.41) is 35.8. The van der Waals surface area contributed by atoms with Gasteiger partial charge in [-0.05, 0) is 85.6 Å². The number of nitrogens with zero attached hydrogens (tertiary/aromatic N) is 7. The molecule has 10 nitrogen and oxygen atoms in total. The summed E-state index contributed by atoms with van der Waals surface area (Å²) >= 11 is 0. The molecule has 0 bridgehead atoms. The number of rotatable bonds is 18. The Labute approximate surface area is 254 Å². The number of aliphatic hydroxyl groups is 2. The molecular formula is C33H43N7O3+2. The van der Waals surface area contributed by atoms with Crippen molar-refractivity contribution in [1.82, 2.24) is 0 Å². The fraction of sp³-hybridized carbons (Fsp3) is 0.333. The van der Waals surface area contributed by atoms with Gasteiger partial charge in [0.05, 0.1) is 43.9 Å². The number of ether oxygens (including phenoxy) is 1. The summed E-state index contributed by atoms with van der Waals surface area (Å²) in [6.07, 6.45) is 16.8. The van der Waals surface area contributed by atoms with Crippen molar-refractivity contribution in [2.24, 2.45) is 20.5 Å². The van der Waals surface area contributed by atoms with Crippen LogP contribution < -0.4 is 14.2 Å². The zero-order valence-corrected chi connectivity index (χ0v) is 25.1. The van der Waals surface area contributed by atoms with Crippen molar-refractivity contribution in [1.29, 1.82) is 0 Å². The molecule has 0 atom stereocenters. The lowest BCUT2D eigenvalue weighted by Crippen LogP contribution is -2.32. The van der Waals surface area contributed by atoms with Crippen molar-refractivity contribution >= 4 is 29.1 Å². The van der Waals surface area contributed by atoms with E-state index in [1.807, 2.05) is 108 Å². The van der Waals surface area contributed by atoms with Crippen molar-refractivity contribution in [3.05, 3.63) is 97.5 Å². The Morgan fingerprint density at radius 2 is 1.53 bits per heavy atom. The Morgan fingerprint density at radius 1 is 0.837 bits per heavy atom. The maximum atomic E-state index is 9.26. The standard InChI is InChI=1S/C33H43N7O3/c1-3-4-6-20-39(28-34-35-29-11-15-32(16-12-29)40(23-25-41)24-26-42)21-8-5-7-19-38-22-9-10-31(27-38)37-36-30-13-17-33(43-2)18-14-30/h3-4,6,9-18,20,22,27-28,41-42H,5,7-8,19,21,23-26H2,1-2H3/q+2/b4-3-,20-6-,37-36?. The van der Waals surface area contributed by atoms with Gasteiger partial charge in [0.25, 0.3) is 0 Å². The molecule has 3 aromatic rings. The molecule has 0 amide bonds. The molecule has 2 N–H and O–H groups in total. The van der Waals surface area contributed by atoms with E-state index in [1.54, 1.807) is 13.4 Å². The minimum Gasteiger partial charge on any atom is -0.497 e. The lowest BCUT2D eigenvalue weighted by Gasteiger charge is -2.22. The van der Waals surface area contributed by atoms with Gasteiger partial charge < -0.3 is 19.8 Å². The highest BCUT2D eigenvalue weighted by Gasteiger charge is 2.06. The number of anilines is 1. The summed E-state index contributed by atoms with van der Waals surface area (Å²) in [6, 6.07) is 19.0. The van der Waals surface area contributed by atoms with Crippen LogP contribution in [0.5, 0.6) is 5.75 Å². The molecule has 3 rings (SSSR count). The van der Waals surface area contributed by atoms with Crippen molar-refractivity contribution in [2.75, 3.05) is 44.9 Å². The van der Waals surface area contributed by atoms with Crippen LogP contribution in [0.4, 0.5) is 22.7 Å². The Bertz CT molecular complexity index is 1360. The normalized spacial score (nSPS) is 12.3. The third-order valence-corrected chi connectivity index (χ3v) is 6.44. The summed E-state index contributed by atoms with van der Waals surface area (Å²) in [4.78, 5) is 1.92. The molecule has 1 aromatic heterocycles. The maximum Gasteiger partial charge on any atom is 0.314 e. The number of aromatic nitrogens is 1. The smallest absolute Gasteiger partial charge is 0.314 e. The van der Waals surface area contributed by atoms with Crippen LogP contribution >= 0.6 is 0 Å². The highest BCUT2D eigenvalue weighted by atomic mass is 16.5. The average Bonchev–Trinajstić information content (AvgIpc) is 3.04. The van der Waals surface area contributed by atoms with Crippen LogP contribution in [0, 0.1) is 0 Å². The maximum absolute atomic E-state index is 9.26. The van der Waals surface area contributed by atoms with E-state index >= 15 is 0 Å². The highest BCUT2D eigenvalue weighted by molar-refractivity contribution is 5.54. The van der Waals surface area contributed by atoms with Crippen LogP contribution in [-0.2, 0) is 6.54 Å². The Hall–Kier alpha value is -4.54. The van der Waals surface area contributed by atoms with E-state index in [0.717, 1.165) is 60.9 Å². The highest BCUT2D eigenvalue weighted by Crippen LogP contribution is 2.21. The van der Waals surface area contributed by atoms with Gasteiger partial charge in [-0.25, -0.2) is 9.14 Å². The largest absolute Gasteiger partial charge is 0.497 e. The molecule has 0 radical (unpaired) electrons. The topological polar surface area (TPSA) is 109 Å². The van der Waals surface area contributed by atoms with Gasteiger partial charge in [-0.15, -0.1) is 5.11 Å². The molecule has 0 aliphatic heterocycles. The molecule has 0 unspecified atom stereocenters.